The van der Waals surface area contributed by atoms with E-state index in [1.165, 1.54) is 4.90 Å². The second kappa shape index (κ2) is 5.91. The lowest BCUT2D eigenvalue weighted by Crippen LogP contribution is -1.87. The minimum absolute atomic E-state index is 0.457. The van der Waals surface area contributed by atoms with E-state index in [4.69, 9.17) is 10.3 Å². The zero-order valence-corrected chi connectivity index (χ0v) is 13.6. The van der Waals surface area contributed by atoms with Crippen molar-refractivity contribution in [1.82, 2.24) is 10.1 Å². The summed E-state index contributed by atoms with van der Waals surface area (Å²) in [7, 11) is 0. The zero-order chi connectivity index (χ0) is 14.8. The largest absolute Gasteiger partial charge is 0.398 e. The average Bonchev–Trinajstić information content (AvgIpc) is 3.00. The van der Waals surface area contributed by atoms with Crippen molar-refractivity contribution in [2.45, 2.75) is 4.90 Å². The Morgan fingerprint density at radius 2 is 1.81 bits per heavy atom. The van der Waals surface area contributed by atoms with Gasteiger partial charge in [-0.3, -0.25) is 0 Å². The number of nitrogens with zero attached hydrogens (tertiary/aromatic N) is 2. The molecule has 0 atom stereocenters. The van der Waals surface area contributed by atoms with Gasteiger partial charge in [0.25, 0.3) is 5.89 Å². The van der Waals surface area contributed by atoms with Crippen LogP contribution in [0.5, 0.6) is 0 Å². The fraction of sp³-hybridized carbons (Fsp3) is 0.0667. The van der Waals surface area contributed by atoms with E-state index in [9.17, 15) is 0 Å². The van der Waals surface area contributed by atoms with Crippen LogP contribution in [0.1, 0.15) is 0 Å². The van der Waals surface area contributed by atoms with Crippen molar-refractivity contribution in [3.8, 4) is 22.8 Å². The van der Waals surface area contributed by atoms with Gasteiger partial charge in [0.2, 0.25) is 5.82 Å². The molecule has 1 aromatic heterocycles. The molecule has 106 valence electrons. The van der Waals surface area contributed by atoms with Crippen molar-refractivity contribution in [2.24, 2.45) is 0 Å². The molecule has 0 saturated carbocycles. The highest BCUT2D eigenvalue weighted by atomic mass is 79.9. The van der Waals surface area contributed by atoms with Gasteiger partial charge in [-0.2, -0.15) is 4.98 Å². The van der Waals surface area contributed by atoms with Crippen molar-refractivity contribution < 1.29 is 4.52 Å². The summed E-state index contributed by atoms with van der Waals surface area (Å²) in [6.07, 6.45) is 2.04. The number of benzene rings is 2. The molecule has 0 aliphatic heterocycles. The highest BCUT2D eigenvalue weighted by Crippen LogP contribution is 2.28. The summed E-state index contributed by atoms with van der Waals surface area (Å²) in [6, 6.07) is 13.6. The molecule has 21 heavy (non-hydrogen) atoms. The molecule has 0 aliphatic carbocycles. The number of hydrogen-bond acceptors (Lipinski definition) is 5. The lowest BCUT2D eigenvalue weighted by atomic mass is 10.2. The molecule has 1 heterocycles. The molecule has 0 amide bonds. The number of thioether (sulfide) groups is 1. The van der Waals surface area contributed by atoms with Gasteiger partial charge >= 0.3 is 0 Å². The van der Waals surface area contributed by atoms with Crippen LogP contribution in [0.4, 0.5) is 5.69 Å². The summed E-state index contributed by atoms with van der Waals surface area (Å²) in [4.78, 5) is 5.62. The SMILES string of the molecule is CSc1ccc(-c2noc(-c3ccc(Br)c(N)c3)n2)cc1. The Morgan fingerprint density at radius 1 is 1.10 bits per heavy atom. The Morgan fingerprint density at radius 3 is 2.48 bits per heavy atom. The Balaban J connectivity index is 1.93. The Kier molecular flexibility index (Phi) is 3.98. The quantitative estimate of drug-likeness (QED) is 0.550. The van der Waals surface area contributed by atoms with Crippen molar-refractivity contribution in [1.29, 1.82) is 0 Å². The lowest BCUT2D eigenvalue weighted by molar-refractivity contribution is 0.432. The smallest absolute Gasteiger partial charge is 0.258 e. The third kappa shape index (κ3) is 2.96. The second-order valence-electron chi connectivity index (χ2n) is 4.39. The summed E-state index contributed by atoms with van der Waals surface area (Å²) in [5.41, 5.74) is 8.23. The monoisotopic (exact) mass is 361 g/mol. The molecule has 0 fully saturated rings. The van der Waals surface area contributed by atoms with E-state index in [1.807, 2.05) is 42.7 Å². The third-order valence-corrected chi connectivity index (χ3v) is 4.48. The fourth-order valence-corrected chi connectivity index (χ4v) is 2.53. The standard InChI is InChI=1S/C15H12BrN3OS/c1-21-11-5-2-9(3-6-11)14-18-15(20-19-14)10-4-7-12(16)13(17)8-10/h2-8H,17H2,1H3. The molecule has 0 radical (unpaired) electrons. The van der Waals surface area contributed by atoms with Crippen LogP contribution >= 0.6 is 27.7 Å². The number of nitrogen functional groups attached to an aromatic ring is 1. The molecule has 0 saturated heterocycles. The predicted molar refractivity (Wildman–Crippen MR) is 89.1 cm³/mol. The fourth-order valence-electron chi connectivity index (χ4n) is 1.87. The summed E-state index contributed by atoms with van der Waals surface area (Å²) in [6.45, 7) is 0. The van der Waals surface area contributed by atoms with E-state index in [0.29, 0.717) is 17.4 Å². The van der Waals surface area contributed by atoms with Crippen LogP contribution in [0.2, 0.25) is 0 Å². The van der Waals surface area contributed by atoms with E-state index < -0.39 is 0 Å². The molecule has 3 aromatic rings. The van der Waals surface area contributed by atoms with Gasteiger partial charge in [0.05, 0.1) is 0 Å². The Bertz CT molecular complexity index is 771. The van der Waals surface area contributed by atoms with Crippen molar-refractivity contribution in [2.75, 3.05) is 12.0 Å². The maximum Gasteiger partial charge on any atom is 0.258 e. The molecule has 4 nitrogen and oxygen atoms in total. The minimum Gasteiger partial charge on any atom is -0.398 e. The van der Waals surface area contributed by atoms with Gasteiger partial charge in [-0.05, 0) is 64.7 Å². The highest BCUT2D eigenvalue weighted by Gasteiger charge is 2.11. The number of hydrogen-bond donors (Lipinski definition) is 1. The van der Waals surface area contributed by atoms with Gasteiger partial charge < -0.3 is 10.3 Å². The molecule has 0 aliphatic rings. The third-order valence-electron chi connectivity index (χ3n) is 3.02. The molecular formula is C15H12BrN3OS. The van der Waals surface area contributed by atoms with Gasteiger partial charge in [-0.1, -0.05) is 5.16 Å². The zero-order valence-electron chi connectivity index (χ0n) is 11.2. The summed E-state index contributed by atoms with van der Waals surface area (Å²) >= 11 is 5.06. The molecule has 2 aromatic carbocycles. The second-order valence-corrected chi connectivity index (χ2v) is 6.12. The predicted octanol–water partition coefficient (Wildman–Crippen LogP) is 4.47. The van der Waals surface area contributed by atoms with Crippen LogP contribution in [0.15, 0.2) is 56.4 Å². The number of anilines is 1. The first-order valence-electron chi connectivity index (χ1n) is 6.21. The first kappa shape index (κ1) is 14.2. The van der Waals surface area contributed by atoms with Crippen LogP contribution in [0.3, 0.4) is 0 Å². The summed E-state index contributed by atoms with van der Waals surface area (Å²) in [5.74, 6) is 1.03. The summed E-state index contributed by atoms with van der Waals surface area (Å²) in [5, 5.41) is 4.02. The normalized spacial score (nSPS) is 10.8. The molecule has 3 rings (SSSR count). The van der Waals surface area contributed by atoms with Crippen molar-refractivity contribution in [3.63, 3.8) is 0 Å². The van der Waals surface area contributed by atoms with Gasteiger partial charge in [0.15, 0.2) is 0 Å². The van der Waals surface area contributed by atoms with Crippen LogP contribution in [-0.2, 0) is 0 Å². The highest BCUT2D eigenvalue weighted by molar-refractivity contribution is 9.10. The first-order valence-corrected chi connectivity index (χ1v) is 8.22. The van der Waals surface area contributed by atoms with Crippen molar-refractivity contribution in [3.05, 3.63) is 46.9 Å². The van der Waals surface area contributed by atoms with E-state index in [0.717, 1.165) is 15.6 Å². The number of halogens is 1. The van der Waals surface area contributed by atoms with E-state index in [1.54, 1.807) is 17.8 Å². The number of nitrogens with two attached hydrogens (primary N) is 1. The average molecular weight is 362 g/mol. The van der Waals surface area contributed by atoms with Gasteiger partial charge in [-0.15, -0.1) is 11.8 Å². The molecule has 0 spiro atoms. The topological polar surface area (TPSA) is 64.9 Å². The summed E-state index contributed by atoms with van der Waals surface area (Å²) < 4.78 is 6.17. The van der Waals surface area contributed by atoms with Crippen LogP contribution in [0, 0.1) is 0 Å². The van der Waals surface area contributed by atoms with Gasteiger partial charge in [0, 0.05) is 26.2 Å². The maximum absolute atomic E-state index is 5.87. The molecule has 2 N–H and O–H groups in total. The van der Waals surface area contributed by atoms with Crippen LogP contribution in [-0.4, -0.2) is 16.4 Å². The van der Waals surface area contributed by atoms with E-state index >= 15 is 0 Å². The molecule has 6 heteroatoms. The van der Waals surface area contributed by atoms with Crippen LogP contribution < -0.4 is 5.73 Å². The molecule has 0 unspecified atom stereocenters. The van der Waals surface area contributed by atoms with Gasteiger partial charge in [0.1, 0.15) is 0 Å². The first-order chi connectivity index (χ1) is 10.2. The molecular weight excluding hydrogens is 350 g/mol. The number of rotatable bonds is 3. The Hall–Kier alpha value is -1.79. The lowest BCUT2D eigenvalue weighted by Gasteiger charge is -1.99. The van der Waals surface area contributed by atoms with Crippen molar-refractivity contribution >= 4 is 33.4 Å². The minimum atomic E-state index is 0.457. The maximum atomic E-state index is 5.87. The van der Waals surface area contributed by atoms with Gasteiger partial charge in [-0.25, -0.2) is 0 Å². The van der Waals surface area contributed by atoms with E-state index in [-0.39, 0.29) is 0 Å². The van der Waals surface area contributed by atoms with Crippen LogP contribution in [0.25, 0.3) is 22.8 Å². The Labute approximate surface area is 134 Å². The number of aromatic nitrogens is 2. The van der Waals surface area contributed by atoms with E-state index in [2.05, 4.69) is 26.1 Å². The molecule has 0 bridgehead atoms.